The van der Waals surface area contributed by atoms with Gasteiger partial charge in [0, 0.05) is 12.0 Å². The van der Waals surface area contributed by atoms with Crippen molar-refractivity contribution < 1.29 is 0 Å². The van der Waals surface area contributed by atoms with Crippen LogP contribution in [0.2, 0.25) is 5.15 Å². The number of nitrogen functional groups attached to an aromatic ring is 1. The van der Waals surface area contributed by atoms with Crippen LogP contribution in [0.15, 0.2) is 0 Å². The molecular formula is C13H21ClN4. The second kappa shape index (κ2) is 5.74. The molecular weight excluding hydrogens is 248 g/mol. The second-order valence-electron chi connectivity index (χ2n) is 5.27. The van der Waals surface area contributed by atoms with Gasteiger partial charge in [-0.25, -0.2) is 9.97 Å². The fourth-order valence-electron chi connectivity index (χ4n) is 2.27. The number of rotatable bonds is 3. The molecule has 3 N–H and O–H groups in total. The number of halogens is 1. The molecule has 1 fully saturated rings. The van der Waals surface area contributed by atoms with E-state index in [1.54, 1.807) is 0 Å². The van der Waals surface area contributed by atoms with Crippen LogP contribution in [0, 0.1) is 0 Å². The van der Waals surface area contributed by atoms with Crippen LogP contribution < -0.4 is 11.1 Å². The van der Waals surface area contributed by atoms with Crippen LogP contribution in [0.5, 0.6) is 0 Å². The molecule has 5 heteroatoms. The SMILES string of the molecule is CC(C)c1nc(Cl)c(N)c(NC2CCCCC2)n1. The van der Waals surface area contributed by atoms with E-state index in [1.807, 2.05) is 13.8 Å². The Kier molecular flexibility index (Phi) is 4.27. The maximum absolute atomic E-state index is 6.06. The molecule has 0 atom stereocenters. The molecule has 1 aliphatic carbocycles. The Morgan fingerprint density at radius 3 is 2.50 bits per heavy atom. The average Bonchev–Trinajstić information content (AvgIpc) is 2.35. The lowest BCUT2D eigenvalue weighted by molar-refractivity contribution is 0.461. The van der Waals surface area contributed by atoms with Gasteiger partial charge in [0.05, 0.1) is 0 Å². The minimum atomic E-state index is 0.245. The molecule has 0 aromatic carbocycles. The van der Waals surface area contributed by atoms with E-state index >= 15 is 0 Å². The smallest absolute Gasteiger partial charge is 0.157 e. The first-order chi connectivity index (χ1) is 8.58. The lowest BCUT2D eigenvalue weighted by Gasteiger charge is -2.24. The summed E-state index contributed by atoms with van der Waals surface area (Å²) in [6.07, 6.45) is 6.23. The molecule has 0 spiro atoms. The Labute approximate surface area is 113 Å². The number of hydrogen-bond acceptors (Lipinski definition) is 4. The minimum Gasteiger partial charge on any atom is -0.393 e. The van der Waals surface area contributed by atoms with E-state index in [0.717, 1.165) is 5.82 Å². The quantitative estimate of drug-likeness (QED) is 0.823. The predicted octanol–water partition coefficient (Wildman–Crippen LogP) is 3.58. The van der Waals surface area contributed by atoms with Crippen LogP contribution >= 0.6 is 11.6 Å². The number of nitrogens with zero attached hydrogens (tertiary/aromatic N) is 2. The fourth-order valence-corrected chi connectivity index (χ4v) is 2.44. The summed E-state index contributed by atoms with van der Waals surface area (Å²) < 4.78 is 0. The topological polar surface area (TPSA) is 63.8 Å². The van der Waals surface area contributed by atoms with Crippen LogP contribution in [0.3, 0.4) is 0 Å². The van der Waals surface area contributed by atoms with Crippen molar-refractivity contribution in [3.63, 3.8) is 0 Å². The summed E-state index contributed by atoms with van der Waals surface area (Å²) in [7, 11) is 0. The molecule has 1 heterocycles. The highest BCUT2D eigenvalue weighted by atomic mass is 35.5. The molecule has 1 saturated carbocycles. The lowest BCUT2D eigenvalue weighted by atomic mass is 9.95. The maximum Gasteiger partial charge on any atom is 0.157 e. The van der Waals surface area contributed by atoms with E-state index in [4.69, 9.17) is 17.3 Å². The molecule has 0 unspecified atom stereocenters. The van der Waals surface area contributed by atoms with Crippen molar-refractivity contribution in [1.82, 2.24) is 9.97 Å². The average molecular weight is 269 g/mol. The number of nitrogens with one attached hydrogen (secondary N) is 1. The second-order valence-corrected chi connectivity index (χ2v) is 5.63. The van der Waals surface area contributed by atoms with Gasteiger partial charge in [-0.05, 0) is 12.8 Å². The molecule has 4 nitrogen and oxygen atoms in total. The maximum atomic E-state index is 6.06. The molecule has 0 saturated heterocycles. The molecule has 18 heavy (non-hydrogen) atoms. The van der Waals surface area contributed by atoms with E-state index in [1.165, 1.54) is 32.1 Å². The lowest BCUT2D eigenvalue weighted by Crippen LogP contribution is -2.24. The molecule has 0 bridgehead atoms. The monoisotopic (exact) mass is 268 g/mol. The number of aromatic nitrogens is 2. The molecule has 1 aromatic heterocycles. The number of anilines is 2. The molecule has 0 radical (unpaired) electrons. The largest absolute Gasteiger partial charge is 0.393 e. The highest BCUT2D eigenvalue weighted by Crippen LogP contribution is 2.29. The summed E-state index contributed by atoms with van der Waals surface area (Å²) in [5, 5.41) is 3.78. The standard InChI is InChI=1S/C13H21ClN4/c1-8(2)12-17-11(14)10(15)13(18-12)16-9-6-4-3-5-7-9/h8-9H,3-7,15H2,1-2H3,(H,16,17,18). The van der Waals surface area contributed by atoms with Gasteiger partial charge in [-0.3, -0.25) is 0 Å². The Bertz CT molecular complexity index is 414. The van der Waals surface area contributed by atoms with Crippen molar-refractivity contribution in [3.8, 4) is 0 Å². The van der Waals surface area contributed by atoms with Gasteiger partial charge in [0.25, 0.3) is 0 Å². The Hall–Kier alpha value is -1.03. The van der Waals surface area contributed by atoms with Gasteiger partial charge in [-0.15, -0.1) is 0 Å². The summed E-state index contributed by atoms with van der Waals surface area (Å²) in [6, 6.07) is 0.465. The van der Waals surface area contributed by atoms with Crippen molar-refractivity contribution in [2.75, 3.05) is 11.1 Å². The Morgan fingerprint density at radius 1 is 1.22 bits per heavy atom. The third-order valence-electron chi connectivity index (χ3n) is 3.38. The van der Waals surface area contributed by atoms with Crippen LogP contribution in [-0.4, -0.2) is 16.0 Å². The van der Waals surface area contributed by atoms with Crippen molar-refractivity contribution in [2.24, 2.45) is 0 Å². The Balaban J connectivity index is 2.19. The van der Waals surface area contributed by atoms with E-state index < -0.39 is 0 Å². The van der Waals surface area contributed by atoms with E-state index in [9.17, 15) is 0 Å². The van der Waals surface area contributed by atoms with Gasteiger partial charge < -0.3 is 11.1 Å². The summed E-state index contributed by atoms with van der Waals surface area (Å²) in [5.74, 6) is 1.69. The zero-order valence-electron chi connectivity index (χ0n) is 11.0. The van der Waals surface area contributed by atoms with E-state index in [-0.39, 0.29) is 5.92 Å². The zero-order valence-corrected chi connectivity index (χ0v) is 11.8. The van der Waals surface area contributed by atoms with Gasteiger partial charge >= 0.3 is 0 Å². The first kappa shape index (κ1) is 13.4. The van der Waals surface area contributed by atoms with Crippen molar-refractivity contribution in [2.45, 2.75) is 57.9 Å². The van der Waals surface area contributed by atoms with E-state index in [0.29, 0.717) is 22.7 Å². The first-order valence-corrected chi connectivity index (χ1v) is 7.05. The normalized spacial score (nSPS) is 17.1. The predicted molar refractivity (Wildman–Crippen MR) is 76.0 cm³/mol. The summed E-state index contributed by atoms with van der Waals surface area (Å²) in [5.41, 5.74) is 6.41. The molecule has 0 amide bonds. The van der Waals surface area contributed by atoms with Crippen LogP contribution in [0.25, 0.3) is 0 Å². The van der Waals surface area contributed by atoms with Gasteiger partial charge in [-0.2, -0.15) is 0 Å². The van der Waals surface area contributed by atoms with Gasteiger partial charge in [0.2, 0.25) is 0 Å². The van der Waals surface area contributed by atoms with E-state index in [2.05, 4.69) is 15.3 Å². The van der Waals surface area contributed by atoms with Crippen molar-refractivity contribution in [1.29, 1.82) is 0 Å². The molecule has 100 valence electrons. The van der Waals surface area contributed by atoms with Crippen molar-refractivity contribution in [3.05, 3.63) is 11.0 Å². The number of nitrogens with two attached hydrogens (primary N) is 1. The molecule has 0 aliphatic heterocycles. The summed E-state index contributed by atoms with van der Waals surface area (Å²) in [4.78, 5) is 8.71. The highest BCUT2D eigenvalue weighted by molar-refractivity contribution is 6.32. The van der Waals surface area contributed by atoms with Gasteiger partial charge in [0.15, 0.2) is 11.0 Å². The zero-order chi connectivity index (χ0) is 13.1. The molecule has 2 rings (SSSR count). The van der Waals surface area contributed by atoms with Crippen molar-refractivity contribution >= 4 is 23.1 Å². The summed E-state index contributed by atoms with van der Waals surface area (Å²) >= 11 is 6.06. The fraction of sp³-hybridized carbons (Fsp3) is 0.692. The first-order valence-electron chi connectivity index (χ1n) is 6.67. The third kappa shape index (κ3) is 3.05. The van der Waals surface area contributed by atoms with Crippen LogP contribution in [0.4, 0.5) is 11.5 Å². The molecule has 1 aliphatic rings. The summed E-state index contributed by atoms with van der Waals surface area (Å²) in [6.45, 7) is 4.10. The third-order valence-corrected chi connectivity index (χ3v) is 3.67. The van der Waals surface area contributed by atoms with Crippen LogP contribution in [-0.2, 0) is 0 Å². The Morgan fingerprint density at radius 2 is 1.89 bits per heavy atom. The van der Waals surface area contributed by atoms with Gasteiger partial charge in [-0.1, -0.05) is 44.7 Å². The number of hydrogen-bond donors (Lipinski definition) is 2. The highest BCUT2D eigenvalue weighted by Gasteiger charge is 2.18. The minimum absolute atomic E-state index is 0.245. The van der Waals surface area contributed by atoms with Gasteiger partial charge in [0.1, 0.15) is 11.5 Å². The van der Waals surface area contributed by atoms with Crippen LogP contribution in [0.1, 0.15) is 57.7 Å². The molecule has 1 aromatic rings.